The van der Waals surface area contributed by atoms with Crippen LogP contribution in [0.4, 0.5) is 5.69 Å². The minimum atomic E-state index is -0.523. The Morgan fingerprint density at radius 2 is 1.71 bits per heavy atom. The third kappa shape index (κ3) is 5.85. The summed E-state index contributed by atoms with van der Waals surface area (Å²) in [6, 6.07) is 8.54. The highest BCUT2D eigenvalue weighted by atomic mass is 35.5. The van der Waals surface area contributed by atoms with Gasteiger partial charge in [-0.15, -0.1) is 0 Å². The third-order valence-corrected chi connectivity index (χ3v) is 8.03. The summed E-state index contributed by atoms with van der Waals surface area (Å²) in [5.74, 6) is 0.985. The quantitative estimate of drug-likeness (QED) is 0.480. The molecule has 0 bridgehead atoms. The van der Waals surface area contributed by atoms with Crippen LogP contribution in [0.15, 0.2) is 30.5 Å². The Morgan fingerprint density at radius 3 is 2.41 bits per heavy atom. The van der Waals surface area contributed by atoms with E-state index in [-0.39, 0.29) is 5.60 Å². The van der Waals surface area contributed by atoms with Gasteiger partial charge in [0.2, 0.25) is 5.79 Å². The van der Waals surface area contributed by atoms with E-state index in [0.29, 0.717) is 12.6 Å². The van der Waals surface area contributed by atoms with Crippen molar-refractivity contribution < 1.29 is 14.5 Å². The number of ether oxygens (including phenoxy) is 1. The third-order valence-electron chi connectivity index (χ3n) is 7.80. The van der Waals surface area contributed by atoms with Gasteiger partial charge in [-0.1, -0.05) is 11.6 Å². The van der Waals surface area contributed by atoms with Gasteiger partial charge >= 0.3 is 0 Å². The maximum atomic E-state index is 6.12. The van der Waals surface area contributed by atoms with Crippen LogP contribution in [-0.4, -0.2) is 42.1 Å². The van der Waals surface area contributed by atoms with Gasteiger partial charge in [0.05, 0.1) is 12.1 Å². The van der Waals surface area contributed by atoms with Crippen molar-refractivity contribution in [2.75, 3.05) is 25.0 Å². The second-order valence-corrected chi connectivity index (χ2v) is 11.5. The minimum Gasteiger partial charge on any atom is -0.384 e. The van der Waals surface area contributed by atoms with E-state index in [1.165, 1.54) is 25.7 Å². The maximum Gasteiger partial charge on any atom is 0.201 e. The number of nitrogens with zero attached hydrogens (tertiary/aromatic N) is 1. The molecule has 3 fully saturated rings. The number of aromatic nitrogens is 1. The fraction of sp³-hybridized carbons (Fsp3) is 0.667. The topological polar surface area (TPSA) is 64.6 Å². The molecule has 1 spiro atoms. The first-order valence-electron chi connectivity index (χ1n) is 12.9. The van der Waals surface area contributed by atoms with E-state index in [2.05, 4.69) is 27.8 Å². The summed E-state index contributed by atoms with van der Waals surface area (Å²) in [6.45, 7) is 6.73. The second-order valence-electron chi connectivity index (χ2n) is 11.1. The molecule has 0 unspecified atom stereocenters. The summed E-state index contributed by atoms with van der Waals surface area (Å²) in [6.07, 6.45) is 11.0. The van der Waals surface area contributed by atoms with Crippen LogP contribution in [0.25, 0.3) is 10.9 Å². The van der Waals surface area contributed by atoms with Crippen LogP contribution in [0.1, 0.15) is 65.2 Å². The lowest BCUT2D eigenvalue weighted by atomic mass is 9.81. The number of hydrogen-bond donors (Lipinski definition) is 2. The normalized spacial score (nSPS) is 31.6. The number of fused-ring (bicyclic) bond motifs is 1. The van der Waals surface area contributed by atoms with Crippen LogP contribution in [0.5, 0.6) is 0 Å². The smallest absolute Gasteiger partial charge is 0.201 e. The van der Waals surface area contributed by atoms with Crippen molar-refractivity contribution in [1.29, 1.82) is 0 Å². The standard InChI is InChI=1S/C27H38ClN3O3/c1-26(2)18-32-27(34-33-26)12-9-22(10-13-27)30-16-19-3-5-20(6-4-19)17-31-24-11-14-29-25-15-21(28)7-8-23(24)25/h7-8,11,14-15,19-20,22,30H,3-6,9-10,12-13,16-18H2,1-2H3,(H,29,31). The molecule has 34 heavy (non-hydrogen) atoms. The van der Waals surface area contributed by atoms with E-state index in [0.717, 1.165) is 72.2 Å². The Kier molecular flexibility index (Phi) is 7.33. The number of anilines is 1. The lowest BCUT2D eigenvalue weighted by Crippen LogP contribution is -2.52. The van der Waals surface area contributed by atoms with Gasteiger partial charge in [0.25, 0.3) is 0 Å². The van der Waals surface area contributed by atoms with Crippen LogP contribution in [0.2, 0.25) is 5.02 Å². The summed E-state index contributed by atoms with van der Waals surface area (Å²) in [4.78, 5) is 15.7. The molecular weight excluding hydrogens is 450 g/mol. The van der Waals surface area contributed by atoms with Crippen LogP contribution in [-0.2, 0) is 14.5 Å². The van der Waals surface area contributed by atoms with E-state index in [1.807, 2.05) is 32.2 Å². The number of benzene rings is 1. The van der Waals surface area contributed by atoms with E-state index in [4.69, 9.17) is 26.1 Å². The second kappa shape index (κ2) is 10.3. The van der Waals surface area contributed by atoms with Crippen LogP contribution in [0, 0.1) is 11.8 Å². The van der Waals surface area contributed by atoms with Crippen molar-refractivity contribution in [2.45, 2.75) is 82.6 Å². The van der Waals surface area contributed by atoms with Crippen molar-refractivity contribution in [3.05, 3.63) is 35.5 Å². The zero-order chi connectivity index (χ0) is 23.6. The van der Waals surface area contributed by atoms with Gasteiger partial charge in [-0.25, -0.2) is 9.78 Å². The van der Waals surface area contributed by atoms with E-state index < -0.39 is 5.79 Å². The van der Waals surface area contributed by atoms with E-state index in [9.17, 15) is 0 Å². The summed E-state index contributed by atoms with van der Waals surface area (Å²) in [7, 11) is 0. The molecule has 0 amide bonds. The van der Waals surface area contributed by atoms with Gasteiger partial charge < -0.3 is 15.4 Å². The molecule has 3 aliphatic rings. The molecular formula is C27H38ClN3O3. The Bertz CT molecular complexity index is 957. The van der Waals surface area contributed by atoms with Crippen LogP contribution >= 0.6 is 11.6 Å². The zero-order valence-electron chi connectivity index (χ0n) is 20.4. The largest absolute Gasteiger partial charge is 0.384 e. The predicted octanol–water partition coefficient (Wildman–Crippen LogP) is 6.09. The van der Waals surface area contributed by atoms with Gasteiger partial charge in [-0.05, 0) is 95.0 Å². The summed E-state index contributed by atoms with van der Waals surface area (Å²) < 4.78 is 6.07. The van der Waals surface area contributed by atoms with Gasteiger partial charge in [-0.2, -0.15) is 0 Å². The molecule has 1 aromatic heterocycles. The summed E-state index contributed by atoms with van der Waals surface area (Å²) in [5.41, 5.74) is 1.74. The highest BCUT2D eigenvalue weighted by Gasteiger charge is 2.45. The average Bonchev–Trinajstić information content (AvgIpc) is 2.85. The Balaban J connectivity index is 1.01. The number of pyridine rings is 1. The number of hydrogen-bond acceptors (Lipinski definition) is 6. The molecule has 1 aliphatic heterocycles. The molecule has 0 atom stereocenters. The van der Waals surface area contributed by atoms with Crippen LogP contribution in [0.3, 0.4) is 0 Å². The monoisotopic (exact) mass is 487 g/mol. The first kappa shape index (κ1) is 24.3. The van der Waals surface area contributed by atoms with E-state index in [1.54, 1.807) is 0 Å². The Labute approximate surface area is 208 Å². The number of halogens is 1. The summed E-state index contributed by atoms with van der Waals surface area (Å²) in [5, 5.41) is 9.38. The van der Waals surface area contributed by atoms with Crippen LogP contribution < -0.4 is 10.6 Å². The number of rotatable bonds is 6. The Morgan fingerprint density at radius 1 is 0.971 bits per heavy atom. The van der Waals surface area contributed by atoms with Gasteiger partial charge in [0.15, 0.2) is 0 Å². The maximum absolute atomic E-state index is 6.12. The van der Waals surface area contributed by atoms with Crippen molar-refractivity contribution >= 4 is 28.2 Å². The molecule has 2 saturated carbocycles. The van der Waals surface area contributed by atoms with E-state index >= 15 is 0 Å². The van der Waals surface area contributed by atoms with Gasteiger partial charge in [0, 0.05) is 47.7 Å². The van der Waals surface area contributed by atoms with Crippen molar-refractivity contribution in [2.24, 2.45) is 11.8 Å². The zero-order valence-corrected chi connectivity index (χ0v) is 21.2. The molecule has 2 aromatic rings. The van der Waals surface area contributed by atoms with Crippen molar-refractivity contribution in [1.82, 2.24) is 10.3 Å². The molecule has 5 rings (SSSR count). The molecule has 1 saturated heterocycles. The SMILES string of the molecule is CC1(C)COC2(CCC(NCC3CCC(CNc4ccnc5cc(Cl)ccc45)CC3)CC2)OO1. The van der Waals surface area contributed by atoms with Gasteiger partial charge in [0.1, 0.15) is 5.60 Å². The Hall–Kier alpha value is -1.44. The molecule has 0 radical (unpaired) electrons. The predicted molar refractivity (Wildman–Crippen MR) is 136 cm³/mol. The first-order chi connectivity index (χ1) is 16.4. The van der Waals surface area contributed by atoms with Crippen molar-refractivity contribution in [3.8, 4) is 0 Å². The summed E-state index contributed by atoms with van der Waals surface area (Å²) >= 11 is 6.12. The average molecular weight is 488 g/mol. The lowest BCUT2D eigenvalue weighted by Gasteiger charge is -2.45. The fourth-order valence-electron chi connectivity index (χ4n) is 5.53. The molecule has 7 heteroatoms. The fourth-order valence-corrected chi connectivity index (χ4v) is 5.70. The molecule has 2 heterocycles. The minimum absolute atomic E-state index is 0.352. The highest BCUT2D eigenvalue weighted by Crippen LogP contribution is 2.38. The highest BCUT2D eigenvalue weighted by molar-refractivity contribution is 6.31. The molecule has 6 nitrogen and oxygen atoms in total. The first-order valence-corrected chi connectivity index (χ1v) is 13.3. The number of nitrogens with one attached hydrogen (secondary N) is 2. The van der Waals surface area contributed by atoms with Crippen molar-refractivity contribution in [3.63, 3.8) is 0 Å². The van der Waals surface area contributed by atoms with Gasteiger partial charge in [-0.3, -0.25) is 4.98 Å². The molecule has 186 valence electrons. The lowest BCUT2D eigenvalue weighted by molar-refractivity contribution is -0.511. The molecule has 1 aromatic carbocycles. The molecule has 2 aliphatic carbocycles. The molecule has 2 N–H and O–H groups in total.